The normalized spacial score (nSPS) is 27.1. The van der Waals surface area contributed by atoms with Crippen molar-refractivity contribution in [1.29, 1.82) is 0 Å². The van der Waals surface area contributed by atoms with E-state index in [0.29, 0.717) is 11.3 Å². The van der Waals surface area contributed by atoms with Crippen molar-refractivity contribution in [3.63, 3.8) is 0 Å². The second-order valence-corrected chi connectivity index (χ2v) is 6.73. The van der Waals surface area contributed by atoms with Crippen LogP contribution in [-0.2, 0) is 5.41 Å². The Balaban J connectivity index is 2.04. The molecule has 0 radical (unpaired) electrons. The summed E-state index contributed by atoms with van der Waals surface area (Å²) in [5.74, 6) is 0.629. The third-order valence-electron chi connectivity index (χ3n) is 4.70. The zero-order valence-electron chi connectivity index (χ0n) is 13.0. The number of hydrogen-bond donors (Lipinski definition) is 1. The Morgan fingerprint density at radius 1 is 1.26 bits per heavy atom. The molecule has 1 aliphatic carbocycles. The summed E-state index contributed by atoms with van der Waals surface area (Å²) in [7, 11) is 0. The van der Waals surface area contributed by atoms with Gasteiger partial charge in [-0.3, -0.25) is 0 Å². The van der Waals surface area contributed by atoms with Crippen LogP contribution < -0.4 is 5.32 Å². The molecule has 1 fully saturated rings. The van der Waals surface area contributed by atoms with Crippen molar-refractivity contribution >= 4 is 0 Å². The number of benzene rings is 1. The summed E-state index contributed by atoms with van der Waals surface area (Å²) in [6, 6.07) is 10.1. The van der Waals surface area contributed by atoms with Gasteiger partial charge < -0.3 is 5.32 Å². The van der Waals surface area contributed by atoms with Crippen LogP contribution in [0.5, 0.6) is 0 Å². The minimum absolute atomic E-state index is 0.376. The minimum Gasteiger partial charge on any atom is -0.314 e. The highest BCUT2D eigenvalue weighted by Crippen LogP contribution is 2.41. The van der Waals surface area contributed by atoms with Gasteiger partial charge in [0.2, 0.25) is 0 Å². The molecule has 0 amide bonds. The Morgan fingerprint density at radius 2 is 1.95 bits per heavy atom. The van der Waals surface area contributed by atoms with Crippen LogP contribution in [0, 0.1) is 0 Å². The molecule has 1 heteroatoms. The zero-order chi connectivity index (χ0) is 13.9. The molecule has 1 saturated carbocycles. The first kappa shape index (κ1) is 14.6. The standard InChI is InChI=1S/C18H29N/c1-5-12-19-17-10-11-18(4,13-17)16-8-6-15(7-9-16)14(2)3/h6-9,14,17,19H,5,10-13H2,1-4H3. The fraction of sp³-hybridized carbons (Fsp3) is 0.667. The van der Waals surface area contributed by atoms with E-state index in [-0.39, 0.29) is 0 Å². The average molecular weight is 259 g/mol. The molecule has 1 aromatic rings. The molecular formula is C18H29N. The lowest BCUT2D eigenvalue weighted by atomic mass is 9.80. The van der Waals surface area contributed by atoms with Crippen LogP contribution in [0.25, 0.3) is 0 Å². The van der Waals surface area contributed by atoms with Crippen molar-refractivity contribution in [3.05, 3.63) is 35.4 Å². The molecule has 2 unspecified atom stereocenters. The fourth-order valence-corrected chi connectivity index (χ4v) is 3.30. The Kier molecular flexibility index (Phi) is 4.67. The summed E-state index contributed by atoms with van der Waals surface area (Å²) in [5, 5.41) is 3.69. The fourth-order valence-electron chi connectivity index (χ4n) is 3.30. The highest BCUT2D eigenvalue weighted by Gasteiger charge is 2.35. The molecular weight excluding hydrogens is 230 g/mol. The monoisotopic (exact) mass is 259 g/mol. The lowest BCUT2D eigenvalue weighted by Crippen LogP contribution is -2.29. The summed E-state index contributed by atoms with van der Waals surface area (Å²) in [6.07, 6.45) is 5.15. The molecule has 1 aromatic carbocycles. The molecule has 0 aromatic heterocycles. The number of nitrogens with one attached hydrogen (secondary N) is 1. The van der Waals surface area contributed by atoms with Crippen molar-refractivity contribution in [1.82, 2.24) is 5.32 Å². The van der Waals surface area contributed by atoms with Gasteiger partial charge in [0.25, 0.3) is 0 Å². The molecule has 0 saturated heterocycles. The van der Waals surface area contributed by atoms with Gasteiger partial charge in [-0.1, -0.05) is 52.0 Å². The second kappa shape index (κ2) is 6.09. The largest absolute Gasteiger partial charge is 0.314 e. The van der Waals surface area contributed by atoms with Crippen molar-refractivity contribution in [2.24, 2.45) is 0 Å². The second-order valence-electron chi connectivity index (χ2n) is 6.73. The van der Waals surface area contributed by atoms with Crippen molar-refractivity contribution in [3.8, 4) is 0 Å². The third kappa shape index (κ3) is 3.39. The van der Waals surface area contributed by atoms with Crippen LogP contribution >= 0.6 is 0 Å². The number of hydrogen-bond acceptors (Lipinski definition) is 1. The summed E-state index contributed by atoms with van der Waals surface area (Å²) in [5.41, 5.74) is 3.35. The Morgan fingerprint density at radius 3 is 2.53 bits per heavy atom. The molecule has 0 spiro atoms. The van der Waals surface area contributed by atoms with E-state index >= 15 is 0 Å². The van der Waals surface area contributed by atoms with Gasteiger partial charge in [-0.05, 0) is 54.7 Å². The van der Waals surface area contributed by atoms with Crippen molar-refractivity contribution in [2.45, 2.75) is 70.8 Å². The maximum absolute atomic E-state index is 3.69. The maximum Gasteiger partial charge on any atom is 0.00757 e. The van der Waals surface area contributed by atoms with Gasteiger partial charge in [0.05, 0.1) is 0 Å². The van der Waals surface area contributed by atoms with E-state index in [1.165, 1.54) is 36.8 Å². The van der Waals surface area contributed by atoms with Gasteiger partial charge in [0.15, 0.2) is 0 Å². The van der Waals surface area contributed by atoms with Crippen LogP contribution in [0.1, 0.15) is 70.4 Å². The summed E-state index contributed by atoms with van der Waals surface area (Å²) < 4.78 is 0. The van der Waals surface area contributed by atoms with Gasteiger partial charge in [0, 0.05) is 6.04 Å². The lowest BCUT2D eigenvalue weighted by Gasteiger charge is -2.25. The zero-order valence-corrected chi connectivity index (χ0v) is 13.0. The van der Waals surface area contributed by atoms with E-state index < -0.39 is 0 Å². The van der Waals surface area contributed by atoms with Crippen LogP contribution in [-0.4, -0.2) is 12.6 Å². The van der Waals surface area contributed by atoms with Crippen molar-refractivity contribution in [2.75, 3.05) is 6.54 Å². The predicted octanol–water partition coefficient (Wildman–Crippen LogP) is 4.62. The highest BCUT2D eigenvalue weighted by molar-refractivity contribution is 5.31. The summed E-state index contributed by atoms with van der Waals surface area (Å²) >= 11 is 0. The number of rotatable bonds is 5. The topological polar surface area (TPSA) is 12.0 Å². The molecule has 0 bridgehead atoms. The Labute approximate surface area is 118 Å². The molecule has 1 aliphatic rings. The Hall–Kier alpha value is -0.820. The molecule has 2 atom stereocenters. The molecule has 106 valence electrons. The lowest BCUT2D eigenvalue weighted by molar-refractivity contribution is 0.452. The van der Waals surface area contributed by atoms with E-state index in [2.05, 4.69) is 57.3 Å². The minimum atomic E-state index is 0.376. The van der Waals surface area contributed by atoms with Crippen LogP contribution in [0.2, 0.25) is 0 Å². The van der Waals surface area contributed by atoms with Gasteiger partial charge in [-0.2, -0.15) is 0 Å². The molecule has 0 aliphatic heterocycles. The quantitative estimate of drug-likeness (QED) is 0.813. The van der Waals surface area contributed by atoms with Crippen LogP contribution in [0.15, 0.2) is 24.3 Å². The Bertz CT molecular complexity index is 393. The van der Waals surface area contributed by atoms with E-state index in [4.69, 9.17) is 0 Å². The van der Waals surface area contributed by atoms with E-state index in [9.17, 15) is 0 Å². The molecule has 1 N–H and O–H groups in total. The van der Waals surface area contributed by atoms with Gasteiger partial charge in [-0.25, -0.2) is 0 Å². The SMILES string of the molecule is CCCNC1CCC(C)(c2ccc(C(C)C)cc2)C1. The predicted molar refractivity (Wildman–Crippen MR) is 83.8 cm³/mol. The van der Waals surface area contributed by atoms with E-state index in [1.54, 1.807) is 0 Å². The molecule has 0 heterocycles. The average Bonchev–Trinajstić information content (AvgIpc) is 2.79. The summed E-state index contributed by atoms with van der Waals surface area (Å²) in [6.45, 7) is 10.4. The highest BCUT2D eigenvalue weighted by atomic mass is 14.9. The first-order valence-corrected chi connectivity index (χ1v) is 7.89. The van der Waals surface area contributed by atoms with Crippen molar-refractivity contribution < 1.29 is 0 Å². The van der Waals surface area contributed by atoms with E-state index in [1.807, 2.05) is 0 Å². The molecule has 2 rings (SSSR count). The van der Waals surface area contributed by atoms with Gasteiger partial charge in [-0.15, -0.1) is 0 Å². The smallest absolute Gasteiger partial charge is 0.00757 e. The van der Waals surface area contributed by atoms with Gasteiger partial charge in [0.1, 0.15) is 0 Å². The first-order chi connectivity index (χ1) is 9.05. The van der Waals surface area contributed by atoms with Crippen LogP contribution in [0.3, 0.4) is 0 Å². The van der Waals surface area contributed by atoms with Gasteiger partial charge >= 0.3 is 0 Å². The van der Waals surface area contributed by atoms with E-state index in [0.717, 1.165) is 12.6 Å². The third-order valence-corrected chi connectivity index (χ3v) is 4.70. The molecule has 19 heavy (non-hydrogen) atoms. The molecule has 1 nitrogen and oxygen atoms in total. The van der Waals surface area contributed by atoms with Crippen LogP contribution in [0.4, 0.5) is 0 Å². The first-order valence-electron chi connectivity index (χ1n) is 7.89. The summed E-state index contributed by atoms with van der Waals surface area (Å²) in [4.78, 5) is 0. The maximum atomic E-state index is 3.69.